The van der Waals surface area contributed by atoms with Crippen LogP contribution in [0.25, 0.3) is 0 Å². The summed E-state index contributed by atoms with van der Waals surface area (Å²) in [5, 5.41) is 12.2. The van der Waals surface area contributed by atoms with Gasteiger partial charge in [-0.05, 0) is 19.1 Å². The van der Waals surface area contributed by atoms with E-state index in [4.69, 9.17) is 0 Å². The Kier molecular flexibility index (Phi) is 4.08. The average Bonchev–Trinajstić information content (AvgIpc) is 2.51. The number of aliphatic hydroxyl groups excluding tert-OH is 1. The van der Waals surface area contributed by atoms with Gasteiger partial charge >= 0.3 is 0 Å². The number of hydrogen-bond acceptors (Lipinski definition) is 5. The number of aliphatic hydroxyl groups is 1. The minimum atomic E-state index is -0.885. The van der Waals surface area contributed by atoms with E-state index in [-0.39, 0.29) is 11.8 Å². The van der Waals surface area contributed by atoms with Crippen LogP contribution in [0.5, 0.6) is 0 Å². The molecule has 0 bridgehead atoms. The molecule has 2 saturated heterocycles. The Morgan fingerprint density at radius 3 is 2.91 bits per heavy atom. The Morgan fingerprint density at radius 2 is 2.23 bits per heavy atom. The van der Waals surface area contributed by atoms with Gasteiger partial charge < -0.3 is 15.3 Å². The molecule has 3 rings (SSSR count). The molecule has 22 heavy (non-hydrogen) atoms. The Morgan fingerprint density at radius 1 is 1.41 bits per heavy atom. The van der Waals surface area contributed by atoms with Gasteiger partial charge in [-0.3, -0.25) is 19.5 Å². The van der Waals surface area contributed by atoms with Crippen molar-refractivity contribution in [2.75, 3.05) is 19.6 Å². The third-order valence-electron chi connectivity index (χ3n) is 4.21. The van der Waals surface area contributed by atoms with Gasteiger partial charge in [-0.1, -0.05) is 6.07 Å². The molecule has 0 unspecified atom stereocenters. The summed E-state index contributed by atoms with van der Waals surface area (Å²) in [6.07, 6.45) is 0.860. The second kappa shape index (κ2) is 6.02. The van der Waals surface area contributed by atoms with E-state index in [2.05, 4.69) is 15.2 Å². The number of carbonyl (C=O) groups excluding carboxylic acids is 2. The molecule has 0 aliphatic carbocycles. The normalized spacial score (nSPS) is 27.3. The third-order valence-corrected chi connectivity index (χ3v) is 4.21. The number of nitrogens with zero attached hydrogens (tertiary/aromatic N) is 3. The van der Waals surface area contributed by atoms with Gasteiger partial charge in [0.05, 0.1) is 11.8 Å². The first-order valence-electron chi connectivity index (χ1n) is 7.47. The standard InChI is InChI=1S/C15H20N4O3/c1-10(20)13-15(22)19-7-6-18(9-12(19)14(21)17-13)8-11-4-2-3-5-16-11/h2-5,10,12-13,20H,6-9H2,1H3,(H,17,21)/t10-,12+,13+/m0/s1. The maximum atomic E-state index is 12.3. The van der Waals surface area contributed by atoms with Crippen molar-refractivity contribution in [1.29, 1.82) is 0 Å². The van der Waals surface area contributed by atoms with Gasteiger partial charge in [0.15, 0.2) is 0 Å². The van der Waals surface area contributed by atoms with E-state index in [0.717, 1.165) is 5.69 Å². The van der Waals surface area contributed by atoms with Gasteiger partial charge in [0, 0.05) is 32.4 Å². The van der Waals surface area contributed by atoms with Crippen molar-refractivity contribution in [2.45, 2.75) is 31.7 Å². The molecular weight excluding hydrogens is 284 g/mol. The van der Waals surface area contributed by atoms with E-state index in [0.29, 0.717) is 26.2 Å². The van der Waals surface area contributed by atoms with Gasteiger partial charge in [-0.25, -0.2) is 0 Å². The van der Waals surface area contributed by atoms with E-state index < -0.39 is 18.2 Å². The molecule has 3 atom stereocenters. The van der Waals surface area contributed by atoms with Gasteiger partial charge in [-0.15, -0.1) is 0 Å². The minimum Gasteiger partial charge on any atom is -0.391 e. The summed E-state index contributed by atoms with van der Waals surface area (Å²) in [5.41, 5.74) is 0.945. The van der Waals surface area contributed by atoms with Gasteiger partial charge in [0.25, 0.3) is 0 Å². The van der Waals surface area contributed by atoms with Crippen LogP contribution in [0.1, 0.15) is 12.6 Å². The highest BCUT2D eigenvalue weighted by Crippen LogP contribution is 2.18. The molecule has 2 N–H and O–H groups in total. The number of pyridine rings is 1. The zero-order valence-corrected chi connectivity index (χ0v) is 12.5. The molecule has 0 radical (unpaired) electrons. The molecule has 0 saturated carbocycles. The molecule has 2 fully saturated rings. The number of hydrogen-bond donors (Lipinski definition) is 2. The molecule has 1 aromatic heterocycles. The van der Waals surface area contributed by atoms with Crippen LogP contribution in [0.3, 0.4) is 0 Å². The lowest BCUT2D eigenvalue weighted by molar-refractivity contribution is -0.156. The summed E-state index contributed by atoms with van der Waals surface area (Å²) in [6, 6.07) is 4.43. The van der Waals surface area contributed by atoms with Crippen molar-refractivity contribution in [1.82, 2.24) is 20.1 Å². The molecule has 7 heteroatoms. The van der Waals surface area contributed by atoms with Crippen molar-refractivity contribution in [3.8, 4) is 0 Å². The Balaban J connectivity index is 1.68. The van der Waals surface area contributed by atoms with Crippen LogP contribution in [0.2, 0.25) is 0 Å². The largest absolute Gasteiger partial charge is 0.391 e. The lowest BCUT2D eigenvalue weighted by atomic mass is 10.0. The van der Waals surface area contributed by atoms with Crippen LogP contribution in [-0.2, 0) is 16.1 Å². The van der Waals surface area contributed by atoms with Crippen LogP contribution in [0.4, 0.5) is 0 Å². The monoisotopic (exact) mass is 304 g/mol. The van der Waals surface area contributed by atoms with E-state index in [1.165, 1.54) is 6.92 Å². The first kappa shape index (κ1) is 14.9. The van der Waals surface area contributed by atoms with Gasteiger partial charge in [0.2, 0.25) is 11.8 Å². The highest BCUT2D eigenvalue weighted by molar-refractivity contribution is 5.97. The third kappa shape index (κ3) is 2.82. The summed E-state index contributed by atoms with van der Waals surface area (Å²) >= 11 is 0. The summed E-state index contributed by atoms with van der Waals surface area (Å²) < 4.78 is 0. The topological polar surface area (TPSA) is 85.8 Å². The molecular formula is C15H20N4O3. The van der Waals surface area contributed by atoms with E-state index in [1.807, 2.05) is 18.2 Å². The molecule has 2 aliphatic rings. The van der Waals surface area contributed by atoms with Crippen molar-refractivity contribution >= 4 is 11.8 Å². The molecule has 2 aliphatic heterocycles. The first-order valence-corrected chi connectivity index (χ1v) is 7.47. The van der Waals surface area contributed by atoms with Crippen LogP contribution >= 0.6 is 0 Å². The van der Waals surface area contributed by atoms with Crippen molar-refractivity contribution < 1.29 is 14.7 Å². The van der Waals surface area contributed by atoms with Gasteiger partial charge in [0.1, 0.15) is 12.1 Å². The van der Waals surface area contributed by atoms with Crippen LogP contribution < -0.4 is 5.32 Å². The molecule has 0 spiro atoms. The van der Waals surface area contributed by atoms with Crippen molar-refractivity contribution in [2.24, 2.45) is 0 Å². The lowest BCUT2D eigenvalue weighted by Gasteiger charge is -2.45. The van der Waals surface area contributed by atoms with E-state index in [9.17, 15) is 14.7 Å². The quantitative estimate of drug-likeness (QED) is 0.746. The maximum absolute atomic E-state index is 12.3. The summed E-state index contributed by atoms with van der Waals surface area (Å²) in [4.78, 5) is 32.6. The summed E-state index contributed by atoms with van der Waals surface area (Å²) in [6.45, 7) is 3.85. The predicted octanol–water partition coefficient (Wildman–Crippen LogP) is -1.03. The smallest absolute Gasteiger partial charge is 0.248 e. The fraction of sp³-hybridized carbons (Fsp3) is 0.533. The van der Waals surface area contributed by atoms with Crippen LogP contribution in [-0.4, -0.2) is 69.5 Å². The summed E-state index contributed by atoms with van der Waals surface area (Å²) in [7, 11) is 0. The maximum Gasteiger partial charge on any atom is 0.248 e. The molecule has 0 aromatic carbocycles. The zero-order chi connectivity index (χ0) is 15.7. The molecule has 1 aromatic rings. The summed E-state index contributed by atoms with van der Waals surface area (Å²) in [5.74, 6) is -0.395. The Hall–Kier alpha value is -1.99. The average molecular weight is 304 g/mol. The number of rotatable bonds is 3. The number of nitrogens with one attached hydrogen (secondary N) is 1. The molecule has 3 heterocycles. The Labute approximate surface area is 128 Å². The highest BCUT2D eigenvalue weighted by atomic mass is 16.3. The fourth-order valence-electron chi connectivity index (χ4n) is 3.01. The van der Waals surface area contributed by atoms with Crippen molar-refractivity contribution in [3.05, 3.63) is 30.1 Å². The van der Waals surface area contributed by atoms with E-state index >= 15 is 0 Å². The zero-order valence-electron chi connectivity index (χ0n) is 12.5. The van der Waals surface area contributed by atoms with Crippen LogP contribution in [0, 0.1) is 0 Å². The predicted molar refractivity (Wildman–Crippen MR) is 78.6 cm³/mol. The lowest BCUT2D eigenvalue weighted by Crippen LogP contribution is -2.70. The van der Waals surface area contributed by atoms with Crippen molar-refractivity contribution in [3.63, 3.8) is 0 Å². The van der Waals surface area contributed by atoms with Crippen LogP contribution in [0.15, 0.2) is 24.4 Å². The number of carbonyl (C=O) groups is 2. The second-order valence-electron chi connectivity index (χ2n) is 5.83. The highest BCUT2D eigenvalue weighted by Gasteiger charge is 2.44. The molecule has 118 valence electrons. The van der Waals surface area contributed by atoms with Gasteiger partial charge in [-0.2, -0.15) is 0 Å². The molecule has 7 nitrogen and oxygen atoms in total. The first-order chi connectivity index (χ1) is 10.6. The number of amides is 2. The number of fused-ring (bicyclic) bond motifs is 1. The number of aromatic nitrogens is 1. The number of piperazine rings is 2. The fourth-order valence-corrected chi connectivity index (χ4v) is 3.01. The molecule has 2 amide bonds. The minimum absolute atomic E-state index is 0.197. The second-order valence-corrected chi connectivity index (χ2v) is 5.83. The van der Waals surface area contributed by atoms with E-state index in [1.54, 1.807) is 11.1 Å². The SMILES string of the molecule is C[C@H](O)[C@H]1NC(=O)[C@H]2CN(Cc3ccccn3)CCN2C1=O. The Bertz CT molecular complexity index is 563.